The summed E-state index contributed by atoms with van der Waals surface area (Å²) in [5.41, 5.74) is 0. The lowest BCUT2D eigenvalue weighted by molar-refractivity contribution is 0.322. The van der Waals surface area contributed by atoms with Crippen LogP contribution < -0.4 is 0 Å². The molecule has 1 atom stereocenters. The number of unbranched alkanes of at least 4 members (excludes halogenated alkanes) is 29. The minimum Gasteiger partial charge on any atom is -0.437 e. The molecule has 0 N–H and O–H groups in total. The van der Waals surface area contributed by atoms with Crippen LogP contribution in [0.1, 0.15) is 200 Å². The van der Waals surface area contributed by atoms with E-state index in [2.05, 4.69) is 65.8 Å². The smallest absolute Gasteiger partial charge is 0.315 e. The molecule has 0 saturated heterocycles. The quantitative estimate of drug-likeness (QED) is 0.0468. The first-order valence-corrected chi connectivity index (χ1v) is 33.9. The lowest BCUT2D eigenvalue weighted by Crippen LogP contribution is -2.56. The minimum atomic E-state index is -2.22. The summed E-state index contributed by atoms with van der Waals surface area (Å²) >= 11 is 0. The summed E-state index contributed by atoms with van der Waals surface area (Å²) in [6.45, 7) is 22.8. The van der Waals surface area contributed by atoms with Gasteiger partial charge in [0.05, 0.1) is 0 Å². The van der Waals surface area contributed by atoms with Gasteiger partial charge in [-0.1, -0.05) is 200 Å². The van der Waals surface area contributed by atoms with Crippen molar-refractivity contribution in [3.8, 4) is 0 Å². The summed E-state index contributed by atoms with van der Waals surface area (Å²) in [5.74, 6) is 0. The molecule has 290 valence electrons. The van der Waals surface area contributed by atoms with Gasteiger partial charge in [0, 0.05) is 0 Å². The predicted octanol–water partition coefficient (Wildman–Crippen LogP) is 16.2. The van der Waals surface area contributed by atoms with Crippen LogP contribution in [0.5, 0.6) is 0 Å². The first-order valence-electron chi connectivity index (χ1n) is 21.8. The molecular weight excluding hydrogens is 653 g/mol. The molecular formula is C41H92O3Si4. The topological polar surface area (TPSA) is 27.7 Å². The van der Waals surface area contributed by atoms with E-state index < -0.39 is 33.8 Å². The molecule has 0 aromatic heterocycles. The summed E-state index contributed by atoms with van der Waals surface area (Å²) < 4.78 is 20.1. The van der Waals surface area contributed by atoms with Gasteiger partial charge >= 0.3 is 17.1 Å². The normalized spacial score (nSPS) is 14.1. The fraction of sp³-hybridized carbons (Fsp3) is 1.00. The highest BCUT2D eigenvalue weighted by molar-refractivity contribution is 6.89. The highest BCUT2D eigenvalue weighted by Crippen LogP contribution is 2.29. The van der Waals surface area contributed by atoms with E-state index in [1.807, 2.05) is 0 Å². The summed E-state index contributed by atoms with van der Waals surface area (Å²) in [6, 6.07) is 1.11. The van der Waals surface area contributed by atoms with Crippen LogP contribution in [0.3, 0.4) is 0 Å². The van der Waals surface area contributed by atoms with Crippen LogP contribution >= 0.6 is 0 Å². The summed E-state index contributed by atoms with van der Waals surface area (Å²) in [6.07, 6.45) is 43.4. The Morgan fingerprint density at radius 1 is 0.271 bits per heavy atom. The van der Waals surface area contributed by atoms with Gasteiger partial charge in [0.25, 0.3) is 0 Å². The first-order chi connectivity index (χ1) is 22.7. The van der Waals surface area contributed by atoms with Gasteiger partial charge < -0.3 is 12.3 Å². The molecule has 48 heavy (non-hydrogen) atoms. The third-order valence-corrected chi connectivity index (χ3v) is 23.1. The molecule has 0 saturated carbocycles. The molecule has 0 heterocycles. The van der Waals surface area contributed by atoms with Crippen LogP contribution in [0.2, 0.25) is 65.0 Å². The Bertz CT molecular complexity index is 692. The largest absolute Gasteiger partial charge is 0.437 e. The van der Waals surface area contributed by atoms with E-state index >= 15 is 0 Å². The highest BCUT2D eigenvalue weighted by atomic mass is 28.5. The first kappa shape index (κ1) is 48.7. The molecule has 0 aromatic rings. The Morgan fingerprint density at radius 2 is 0.500 bits per heavy atom. The van der Waals surface area contributed by atoms with Crippen molar-refractivity contribution in [3.05, 3.63) is 0 Å². The fourth-order valence-electron chi connectivity index (χ4n) is 7.52. The van der Waals surface area contributed by atoms with Crippen LogP contribution in [-0.2, 0) is 12.3 Å². The zero-order chi connectivity index (χ0) is 36.0. The van der Waals surface area contributed by atoms with Crippen LogP contribution in [0.25, 0.3) is 0 Å². The Hall–Kier alpha value is 0.748. The van der Waals surface area contributed by atoms with Crippen molar-refractivity contribution >= 4 is 33.8 Å². The minimum absolute atomic E-state index is 1.11. The molecule has 0 aliphatic heterocycles. The second-order valence-corrected chi connectivity index (χ2v) is 34.5. The van der Waals surface area contributed by atoms with Gasteiger partial charge in [-0.15, -0.1) is 0 Å². The zero-order valence-electron chi connectivity index (χ0n) is 35.1. The van der Waals surface area contributed by atoms with E-state index in [1.54, 1.807) is 0 Å². The fourth-order valence-corrected chi connectivity index (χ4v) is 25.5. The average molecular weight is 746 g/mol. The van der Waals surface area contributed by atoms with E-state index in [9.17, 15) is 0 Å². The SMILES string of the molecule is CCCCCCCCCCCCCCCCCCCCCCCCCCCCCCCC[Si](C)(O[Si](C)(C)C)O[Si](C)(C)O[Si](C)(C)C. The number of hydrogen-bond donors (Lipinski definition) is 0. The lowest BCUT2D eigenvalue weighted by Gasteiger charge is -2.41. The van der Waals surface area contributed by atoms with E-state index in [0.29, 0.717) is 0 Å². The number of hydrogen-bond acceptors (Lipinski definition) is 3. The third kappa shape index (κ3) is 36.5. The van der Waals surface area contributed by atoms with Crippen molar-refractivity contribution in [2.45, 2.75) is 265 Å². The molecule has 3 nitrogen and oxygen atoms in total. The Morgan fingerprint density at radius 3 is 0.729 bits per heavy atom. The van der Waals surface area contributed by atoms with E-state index in [1.165, 1.54) is 193 Å². The van der Waals surface area contributed by atoms with Crippen molar-refractivity contribution in [3.63, 3.8) is 0 Å². The van der Waals surface area contributed by atoms with Crippen molar-refractivity contribution in [1.82, 2.24) is 0 Å². The summed E-state index contributed by atoms with van der Waals surface area (Å²) in [4.78, 5) is 0. The highest BCUT2D eigenvalue weighted by Gasteiger charge is 2.44. The Labute approximate surface area is 309 Å². The summed E-state index contributed by atoms with van der Waals surface area (Å²) in [7, 11) is -7.69. The van der Waals surface area contributed by atoms with Crippen LogP contribution in [0.15, 0.2) is 0 Å². The molecule has 0 aliphatic rings. The van der Waals surface area contributed by atoms with E-state index in [-0.39, 0.29) is 0 Å². The molecule has 0 spiro atoms. The van der Waals surface area contributed by atoms with Gasteiger partial charge in [0.15, 0.2) is 16.6 Å². The van der Waals surface area contributed by atoms with E-state index in [4.69, 9.17) is 12.3 Å². The van der Waals surface area contributed by atoms with Gasteiger partial charge in [-0.3, -0.25) is 0 Å². The molecule has 0 rings (SSSR count). The van der Waals surface area contributed by atoms with Crippen LogP contribution in [0.4, 0.5) is 0 Å². The number of rotatable bonds is 37. The van der Waals surface area contributed by atoms with Crippen molar-refractivity contribution in [2.75, 3.05) is 0 Å². The zero-order valence-corrected chi connectivity index (χ0v) is 39.1. The van der Waals surface area contributed by atoms with Gasteiger partial charge in [-0.2, -0.15) is 0 Å². The third-order valence-electron chi connectivity index (χ3n) is 9.52. The second kappa shape index (κ2) is 30.2. The molecule has 1 unspecified atom stereocenters. The average Bonchev–Trinajstić information content (AvgIpc) is 2.95. The predicted molar refractivity (Wildman–Crippen MR) is 228 cm³/mol. The van der Waals surface area contributed by atoms with Crippen molar-refractivity contribution in [2.24, 2.45) is 0 Å². The molecule has 0 aromatic carbocycles. The monoisotopic (exact) mass is 745 g/mol. The van der Waals surface area contributed by atoms with Crippen LogP contribution in [-0.4, -0.2) is 33.8 Å². The van der Waals surface area contributed by atoms with Gasteiger partial charge in [0.2, 0.25) is 0 Å². The van der Waals surface area contributed by atoms with Gasteiger partial charge in [-0.25, -0.2) is 0 Å². The van der Waals surface area contributed by atoms with Crippen molar-refractivity contribution < 1.29 is 12.3 Å². The molecule has 0 bridgehead atoms. The molecule has 0 amide bonds. The Balaban J connectivity index is 3.54. The van der Waals surface area contributed by atoms with Crippen molar-refractivity contribution in [1.29, 1.82) is 0 Å². The summed E-state index contributed by atoms with van der Waals surface area (Å²) in [5, 5.41) is 0. The van der Waals surface area contributed by atoms with Gasteiger partial charge in [-0.05, 0) is 65.0 Å². The van der Waals surface area contributed by atoms with E-state index in [0.717, 1.165) is 6.04 Å². The Kier molecular flexibility index (Phi) is 30.7. The standard InChI is InChI=1S/C41H92O3Si4/c1-11-12-13-14-15-16-17-18-19-20-21-22-23-24-25-26-27-28-29-30-31-32-33-34-35-36-37-38-39-40-41-48(10,43-46(5,6)7)44-47(8,9)42-45(2,3)4/h11-41H2,1-10H3. The lowest BCUT2D eigenvalue weighted by atomic mass is 10.0. The maximum Gasteiger partial charge on any atom is 0.315 e. The molecule has 0 radical (unpaired) electrons. The maximum absolute atomic E-state index is 6.84. The maximum atomic E-state index is 6.84. The molecule has 0 fully saturated rings. The molecule has 7 heteroatoms. The van der Waals surface area contributed by atoms with Gasteiger partial charge in [0.1, 0.15) is 0 Å². The van der Waals surface area contributed by atoms with Crippen LogP contribution in [0, 0.1) is 0 Å². The second-order valence-electron chi connectivity index (χ2n) is 18.1. The molecule has 0 aliphatic carbocycles.